The van der Waals surface area contributed by atoms with Crippen LogP contribution in [0.4, 0.5) is 45.2 Å². The Kier molecular flexibility index (Phi) is 7.69. The summed E-state index contributed by atoms with van der Waals surface area (Å²) in [5, 5.41) is 0. The molecule has 0 spiro atoms. The number of aryl methyl sites for hydroxylation is 2. The Hall–Kier alpha value is -2.72. The minimum absolute atomic E-state index is 0.0211. The van der Waals surface area contributed by atoms with E-state index in [-0.39, 0.29) is 28.3 Å². The Morgan fingerprint density at radius 2 is 1.41 bits per heavy atom. The van der Waals surface area contributed by atoms with E-state index in [4.69, 9.17) is 4.74 Å². The van der Waals surface area contributed by atoms with Crippen LogP contribution >= 0.6 is 0 Å². The van der Waals surface area contributed by atoms with E-state index in [1.54, 1.807) is 0 Å². The Balaban J connectivity index is 2.60. The molecule has 11 heteroatoms. The maximum Gasteiger partial charge on any atom is 0.460 e. The fourth-order valence-corrected chi connectivity index (χ4v) is 2.92. The summed E-state index contributed by atoms with van der Waals surface area (Å²) in [6, 6.07) is 4.92. The summed E-state index contributed by atoms with van der Waals surface area (Å²) in [5.74, 6) is -16.3. The van der Waals surface area contributed by atoms with Gasteiger partial charge in [0.2, 0.25) is 0 Å². The molecule has 2 aromatic carbocycles. The molecule has 34 heavy (non-hydrogen) atoms. The average molecular weight is 499 g/mol. The highest BCUT2D eigenvalue weighted by Crippen LogP contribution is 2.49. The predicted molar refractivity (Wildman–Crippen MR) is 109 cm³/mol. The van der Waals surface area contributed by atoms with Gasteiger partial charge in [0.05, 0.1) is 11.4 Å². The van der Waals surface area contributed by atoms with Crippen molar-refractivity contribution in [1.29, 1.82) is 0 Å². The van der Waals surface area contributed by atoms with Gasteiger partial charge in [0.1, 0.15) is 11.6 Å². The number of alkyl halides is 7. The van der Waals surface area contributed by atoms with Gasteiger partial charge in [-0.15, -0.1) is 0 Å². The maximum atomic E-state index is 14.6. The summed E-state index contributed by atoms with van der Waals surface area (Å²) in [4.78, 5) is 3.58. The van der Waals surface area contributed by atoms with Gasteiger partial charge in [-0.05, 0) is 55.2 Å². The highest BCUT2D eigenvalue weighted by Gasteiger charge is 2.75. The number of benzene rings is 2. The number of hydrogen-bond donors (Lipinski definition) is 0. The van der Waals surface area contributed by atoms with Gasteiger partial charge in [-0.1, -0.05) is 20.8 Å². The van der Waals surface area contributed by atoms with E-state index in [9.17, 15) is 39.5 Å². The second-order valence-corrected chi connectivity index (χ2v) is 8.26. The average Bonchev–Trinajstić information content (AvgIpc) is 2.69. The van der Waals surface area contributed by atoms with Crippen LogP contribution in [0.5, 0.6) is 11.5 Å². The van der Waals surface area contributed by atoms with E-state index in [0.29, 0.717) is 6.07 Å². The van der Waals surface area contributed by atoms with Crippen LogP contribution in [0.15, 0.2) is 35.3 Å². The van der Waals surface area contributed by atoms with E-state index < -0.39 is 47.2 Å². The molecule has 1 atom stereocenters. The van der Waals surface area contributed by atoms with Crippen molar-refractivity contribution in [1.82, 2.24) is 0 Å². The summed E-state index contributed by atoms with van der Waals surface area (Å²) in [7, 11) is 0. The van der Waals surface area contributed by atoms with Crippen molar-refractivity contribution in [3.63, 3.8) is 0 Å². The van der Waals surface area contributed by atoms with E-state index >= 15 is 0 Å². The molecule has 0 heterocycles. The summed E-state index contributed by atoms with van der Waals surface area (Å²) in [5.41, 5.74) is -1.63. The zero-order chi connectivity index (χ0) is 26.2. The number of nitrogens with zero attached hydrogens (tertiary/aromatic N) is 1. The molecule has 0 aromatic heterocycles. The van der Waals surface area contributed by atoms with Crippen molar-refractivity contribution in [3.05, 3.63) is 53.1 Å². The molecule has 0 radical (unpaired) electrons. The molecule has 2 rings (SSSR count). The van der Waals surface area contributed by atoms with Crippen LogP contribution in [0.1, 0.15) is 31.9 Å². The third-order valence-electron chi connectivity index (χ3n) is 5.35. The second kappa shape index (κ2) is 9.50. The lowest BCUT2D eigenvalue weighted by Crippen LogP contribution is -2.57. The molecule has 0 aliphatic carbocycles. The molecule has 0 aliphatic rings. The molecule has 0 saturated heterocycles. The molecule has 0 N–H and O–H groups in total. The Morgan fingerprint density at radius 3 is 1.91 bits per heavy atom. The molecule has 0 bridgehead atoms. The first-order chi connectivity index (χ1) is 15.4. The quantitative estimate of drug-likeness (QED) is 0.276. The van der Waals surface area contributed by atoms with Crippen LogP contribution in [0.2, 0.25) is 0 Å². The number of ether oxygens (including phenoxy) is 1. The summed E-state index contributed by atoms with van der Waals surface area (Å²) >= 11 is 0. The number of halogens is 9. The molecular weight excluding hydrogens is 477 g/mol. The largest absolute Gasteiger partial charge is 0.460 e. The zero-order valence-electron chi connectivity index (χ0n) is 18.8. The summed E-state index contributed by atoms with van der Waals surface area (Å²) in [6.45, 7) is 6.59. The topological polar surface area (TPSA) is 21.6 Å². The third kappa shape index (κ3) is 5.33. The smallest absolute Gasteiger partial charge is 0.454 e. The van der Waals surface area contributed by atoms with Crippen LogP contribution in [0.3, 0.4) is 0 Å². The monoisotopic (exact) mass is 499 g/mol. The van der Waals surface area contributed by atoms with Gasteiger partial charge < -0.3 is 4.74 Å². The van der Waals surface area contributed by atoms with Crippen molar-refractivity contribution < 1.29 is 44.3 Å². The maximum absolute atomic E-state index is 14.6. The van der Waals surface area contributed by atoms with Gasteiger partial charge >= 0.3 is 18.0 Å². The van der Waals surface area contributed by atoms with Crippen molar-refractivity contribution in [2.45, 2.75) is 52.6 Å². The number of aliphatic imine (C=N–C) groups is 1. The first-order valence-corrected chi connectivity index (χ1v) is 10.1. The number of rotatable bonds is 7. The second-order valence-electron chi connectivity index (χ2n) is 8.26. The van der Waals surface area contributed by atoms with Crippen molar-refractivity contribution >= 4 is 11.4 Å². The molecule has 1 unspecified atom stereocenters. The zero-order valence-corrected chi connectivity index (χ0v) is 18.8. The minimum atomic E-state index is -6.50. The molecule has 2 aromatic rings. The standard InChI is InChI=1S/C23H22F9NO/c1-11(2)14(5)20(21(26,27)22(28,29)23(30,31)32)33-17-8-13(4)19(9-12(17)3)34-18-7-6-15(24)10-16(18)25/h6-11,14H,1-5H3. The molecule has 0 aliphatic heterocycles. The van der Waals surface area contributed by atoms with Crippen molar-refractivity contribution in [2.75, 3.05) is 0 Å². The Morgan fingerprint density at radius 1 is 0.824 bits per heavy atom. The lowest BCUT2D eigenvalue weighted by molar-refractivity contribution is -0.337. The van der Waals surface area contributed by atoms with E-state index in [2.05, 4.69) is 4.99 Å². The van der Waals surface area contributed by atoms with Crippen LogP contribution in [-0.2, 0) is 0 Å². The van der Waals surface area contributed by atoms with Gasteiger partial charge in [-0.3, -0.25) is 4.99 Å². The van der Waals surface area contributed by atoms with Crippen molar-refractivity contribution in [2.24, 2.45) is 16.8 Å². The lowest BCUT2D eigenvalue weighted by atomic mass is 9.86. The fourth-order valence-electron chi connectivity index (χ4n) is 2.92. The molecule has 0 amide bonds. The minimum Gasteiger partial charge on any atom is -0.454 e. The van der Waals surface area contributed by atoms with Crippen molar-refractivity contribution in [3.8, 4) is 11.5 Å². The molecule has 2 nitrogen and oxygen atoms in total. The highest BCUT2D eigenvalue weighted by molar-refractivity contribution is 5.96. The molecule has 0 fully saturated rings. The molecule has 188 valence electrons. The lowest BCUT2D eigenvalue weighted by Gasteiger charge is -2.32. The van der Waals surface area contributed by atoms with Gasteiger partial charge in [0, 0.05) is 12.0 Å². The van der Waals surface area contributed by atoms with Crippen LogP contribution in [0.25, 0.3) is 0 Å². The third-order valence-corrected chi connectivity index (χ3v) is 5.35. The van der Waals surface area contributed by atoms with Gasteiger partial charge in [-0.2, -0.15) is 30.7 Å². The normalized spacial score (nSPS) is 14.5. The Labute approximate surface area is 190 Å². The van der Waals surface area contributed by atoms with E-state index in [0.717, 1.165) is 25.1 Å². The SMILES string of the molecule is Cc1cc(Oc2ccc(F)cc2F)c(C)cc1N=C(C(C)C(C)C)C(F)(F)C(F)(F)C(F)(F)F. The first-order valence-electron chi connectivity index (χ1n) is 10.1. The predicted octanol–water partition coefficient (Wildman–Crippen LogP) is 8.57. The van der Waals surface area contributed by atoms with Gasteiger partial charge in [0.25, 0.3) is 0 Å². The van der Waals surface area contributed by atoms with E-state index in [1.807, 2.05) is 0 Å². The van der Waals surface area contributed by atoms with E-state index in [1.165, 1.54) is 33.8 Å². The van der Waals surface area contributed by atoms with Gasteiger partial charge in [-0.25, -0.2) is 8.78 Å². The molecular formula is C23H22F9NO. The molecule has 0 saturated carbocycles. The highest BCUT2D eigenvalue weighted by atomic mass is 19.4. The first kappa shape index (κ1) is 27.5. The Bertz CT molecular complexity index is 1070. The van der Waals surface area contributed by atoms with Crippen LogP contribution < -0.4 is 4.74 Å². The van der Waals surface area contributed by atoms with Crippen LogP contribution in [-0.4, -0.2) is 23.7 Å². The van der Waals surface area contributed by atoms with Crippen LogP contribution in [0, 0.1) is 37.3 Å². The van der Waals surface area contributed by atoms with Gasteiger partial charge in [0.15, 0.2) is 11.6 Å². The fraction of sp³-hybridized carbons (Fsp3) is 0.435. The number of hydrogen-bond acceptors (Lipinski definition) is 2. The summed E-state index contributed by atoms with van der Waals surface area (Å²) < 4.78 is 128. The summed E-state index contributed by atoms with van der Waals surface area (Å²) in [6.07, 6.45) is -6.50.